The Balaban J connectivity index is 3.02. The molecule has 0 bridgehead atoms. The Hall–Kier alpha value is 0.810. The summed E-state index contributed by atoms with van der Waals surface area (Å²) in [6, 6.07) is 0. The van der Waals surface area contributed by atoms with Crippen LogP contribution in [0.25, 0.3) is 0 Å². The molecule has 0 aliphatic carbocycles. The molecular weight excluding hydrogens is 250 g/mol. The Morgan fingerprint density at radius 1 is 0.800 bits per heavy atom. The van der Waals surface area contributed by atoms with Gasteiger partial charge in [-0.05, 0) is 28.9 Å². The monoisotopic (exact) mass is 272 g/mol. The van der Waals surface area contributed by atoms with Crippen LogP contribution in [0.3, 0.4) is 0 Å². The first-order chi connectivity index (χ1) is 7.06. The molecule has 0 heterocycles. The summed E-state index contributed by atoms with van der Waals surface area (Å²) in [5.74, 6) is -2.79. The average Bonchev–Trinajstić information content (AvgIpc) is 2.14. The van der Waals surface area contributed by atoms with Gasteiger partial charge in [-0.15, -0.1) is 0 Å². The first kappa shape index (κ1) is 15.8. The van der Waals surface area contributed by atoms with Crippen molar-refractivity contribution in [3.05, 3.63) is 0 Å². The van der Waals surface area contributed by atoms with E-state index in [2.05, 4.69) is 6.92 Å². The molecule has 0 amide bonds. The third kappa shape index (κ3) is 14.8. The summed E-state index contributed by atoms with van der Waals surface area (Å²) in [4.78, 5) is 0. The van der Waals surface area contributed by atoms with Crippen molar-refractivity contribution in [3.8, 4) is 0 Å². The quantitative estimate of drug-likeness (QED) is 0.342. The van der Waals surface area contributed by atoms with E-state index < -0.39 is 5.85 Å². The van der Waals surface area contributed by atoms with Gasteiger partial charge in [0.25, 0.3) is 5.85 Å². The van der Waals surface area contributed by atoms with Gasteiger partial charge in [0.15, 0.2) is 0 Å². The maximum Gasteiger partial charge on any atom is 0.253 e. The lowest BCUT2D eigenvalue weighted by Gasteiger charge is -2.02. The number of rotatable bonds is 10. The van der Waals surface area contributed by atoms with Gasteiger partial charge >= 0.3 is 0 Å². The van der Waals surface area contributed by atoms with Gasteiger partial charge in [-0.25, -0.2) is 0 Å². The number of unbranched alkanes of at least 4 members (excludes halogenated alkanes) is 8. The summed E-state index contributed by atoms with van der Waals surface area (Å²) >= 11 is 10.9. The number of hydrogen-bond donors (Lipinski definition) is 0. The lowest BCUT2D eigenvalue weighted by atomic mass is 10.1. The van der Waals surface area contributed by atoms with Crippen LogP contribution in [0.4, 0.5) is 0 Å². The van der Waals surface area contributed by atoms with Crippen molar-refractivity contribution in [1.29, 1.82) is 0 Å². The Bertz CT molecular complexity index is 179. The summed E-state index contributed by atoms with van der Waals surface area (Å²) in [5.41, 5.74) is 0. The number of hydrogen-bond acceptors (Lipinski definition) is 1. The van der Waals surface area contributed by atoms with E-state index >= 15 is 0 Å². The largest absolute Gasteiger partial charge is 0.289 e. The van der Waals surface area contributed by atoms with Crippen LogP contribution in [0.5, 0.6) is 0 Å². The predicted molar refractivity (Wildman–Crippen MR) is 71.4 cm³/mol. The fourth-order valence-corrected chi connectivity index (χ4v) is 2.92. The van der Waals surface area contributed by atoms with Crippen molar-refractivity contribution in [1.82, 2.24) is 0 Å². The molecule has 15 heavy (non-hydrogen) atoms. The minimum atomic E-state index is -2.79. The standard InChI is InChI=1S/C11H23Cl2OP/c1-2-3-4-5-6-7-8-9-10-11-15(12,13)14/h2-11H2,1H3. The Labute approximate surface area is 104 Å². The second kappa shape index (κ2) is 10.00. The fraction of sp³-hybridized carbons (Fsp3) is 1.00. The van der Waals surface area contributed by atoms with Gasteiger partial charge < -0.3 is 0 Å². The molecule has 0 N–H and O–H groups in total. The van der Waals surface area contributed by atoms with Crippen molar-refractivity contribution in [2.45, 2.75) is 64.7 Å². The molecule has 0 spiro atoms. The van der Waals surface area contributed by atoms with E-state index in [1.807, 2.05) is 0 Å². The van der Waals surface area contributed by atoms with Gasteiger partial charge in [-0.1, -0.05) is 58.3 Å². The van der Waals surface area contributed by atoms with Gasteiger partial charge in [0, 0.05) is 6.16 Å². The SMILES string of the molecule is CCCCCCCCCCCP(=O)(Cl)Cl. The highest BCUT2D eigenvalue weighted by Gasteiger charge is 2.11. The second-order valence-electron chi connectivity index (χ2n) is 4.12. The molecule has 1 nitrogen and oxygen atoms in total. The van der Waals surface area contributed by atoms with Gasteiger partial charge in [0.05, 0.1) is 0 Å². The molecule has 0 aromatic carbocycles. The van der Waals surface area contributed by atoms with E-state index in [0.717, 1.165) is 12.8 Å². The fourth-order valence-electron chi connectivity index (χ4n) is 1.61. The smallest absolute Gasteiger partial charge is 0.253 e. The van der Waals surface area contributed by atoms with Crippen molar-refractivity contribution in [3.63, 3.8) is 0 Å². The average molecular weight is 273 g/mol. The van der Waals surface area contributed by atoms with Crippen LogP contribution < -0.4 is 0 Å². The summed E-state index contributed by atoms with van der Waals surface area (Å²) in [6.07, 6.45) is 11.7. The lowest BCUT2D eigenvalue weighted by molar-refractivity contribution is 0.567. The van der Waals surface area contributed by atoms with E-state index in [-0.39, 0.29) is 0 Å². The lowest BCUT2D eigenvalue weighted by Crippen LogP contribution is -1.83. The van der Waals surface area contributed by atoms with Crippen LogP contribution in [-0.2, 0) is 4.57 Å². The maximum absolute atomic E-state index is 11.0. The molecule has 0 aromatic rings. The van der Waals surface area contributed by atoms with Gasteiger partial charge in [-0.3, -0.25) is 4.57 Å². The van der Waals surface area contributed by atoms with E-state index in [0.29, 0.717) is 6.16 Å². The van der Waals surface area contributed by atoms with Gasteiger partial charge in [0.1, 0.15) is 0 Å². The molecule has 0 saturated heterocycles. The Kier molecular flexibility index (Phi) is 10.5. The zero-order valence-corrected chi connectivity index (χ0v) is 12.1. The topological polar surface area (TPSA) is 17.1 Å². The first-order valence-electron chi connectivity index (χ1n) is 6.04. The summed E-state index contributed by atoms with van der Waals surface area (Å²) in [7, 11) is 0. The summed E-state index contributed by atoms with van der Waals surface area (Å²) in [6.45, 7) is 2.23. The molecule has 0 aliphatic rings. The van der Waals surface area contributed by atoms with Crippen molar-refractivity contribution < 1.29 is 4.57 Å². The normalized spacial score (nSPS) is 11.9. The Morgan fingerprint density at radius 2 is 1.20 bits per heavy atom. The zero-order valence-electron chi connectivity index (χ0n) is 9.68. The predicted octanol–water partition coefficient (Wildman–Crippen LogP) is 6.19. The molecule has 0 fully saturated rings. The van der Waals surface area contributed by atoms with Crippen molar-refractivity contribution in [2.75, 3.05) is 6.16 Å². The van der Waals surface area contributed by atoms with E-state index in [1.54, 1.807) is 0 Å². The van der Waals surface area contributed by atoms with Crippen LogP contribution in [0.1, 0.15) is 64.7 Å². The third-order valence-corrected chi connectivity index (χ3v) is 4.37. The van der Waals surface area contributed by atoms with Crippen molar-refractivity contribution >= 4 is 28.3 Å². The second-order valence-corrected chi connectivity index (χ2v) is 9.51. The molecule has 0 aliphatic heterocycles. The number of halogens is 2. The highest BCUT2D eigenvalue weighted by atomic mass is 35.9. The van der Waals surface area contributed by atoms with Gasteiger partial charge in [0.2, 0.25) is 0 Å². The molecular formula is C11H23Cl2OP. The van der Waals surface area contributed by atoms with Crippen LogP contribution in [0, 0.1) is 0 Å². The Morgan fingerprint density at radius 3 is 1.60 bits per heavy atom. The zero-order chi connectivity index (χ0) is 11.6. The minimum absolute atomic E-state index is 0.478. The molecule has 0 saturated carbocycles. The van der Waals surface area contributed by atoms with E-state index in [9.17, 15) is 4.57 Å². The molecule has 4 heteroatoms. The molecule has 92 valence electrons. The molecule has 0 atom stereocenters. The molecule has 0 aromatic heterocycles. The van der Waals surface area contributed by atoms with Crippen molar-refractivity contribution in [2.24, 2.45) is 0 Å². The van der Waals surface area contributed by atoms with E-state index in [1.165, 1.54) is 44.9 Å². The summed E-state index contributed by atoms with van der Waals surface area (Å²) < 4.78 is 11.0. The summed E-state index contributed by atoms with van der Waals surface area (Å²) in [5, 5.41) is 0. The van der Waals surface area contributed by atoms with Crippen LogP contribution in [0.15, 0.2) is 0 Å². The molecule has 0 rings (SSSR count). The molecule has 0 radical (unpaired) electrons. The minimum Gasteiger partial charge on any atom is -0.289 e. The third-order valence-electron chi connectivity index (χ3n) is 2.52. The van der Waals surface area contributed by atoms with Gasteiger partial charge in [-0.2, -0.15) is 0 Å². The first-order valence-corrected chi connectivity index (χ1v) is 9.75. The van der Waals surface area contributed by atoms with Crippen LogP contribution >= 0.6 is 28.3 Å². The van der Waals surface area contributed by atoms with Crippen LogP contribution in [0.2, 0.25) is 0 Å². The highest BCUT2D eigenvalue weighted by molar-refractivity contribution is 8.08. The van der Waals surface area contributed by atoms with Crippen LogP contribution in [-0.4, -0.2) is 6.16 Å². The molecule has 0 unspecified atom stereocenters. The van der Waals surface area contributed by atoms with E-state index in [4.69, 9.17) is 22.5 Å². The highest BCUT2D eigenvalue weighted by Crippen LogP contribution is 2.57. The maximum atomic E-state index is 11.0.